The van der Waals surface area contributed by atoms with Crippen molar-refractivity contribution in [3.8, 4) is 0 Å². The monoisotopic (exact) mass is 361 g/mol. The van der Waals surface area contributed by atoms with Gasteiger partial charge in [-0.25, -0.2) is 0 Å². The molecule has 2 saturated heterocycles. The molecule has 0 aromatic heterocycles. The lowest BCUT2D eigenvalue weighted by atomic mass is 9.79. The Balaban J connectivity index is 1.30. The fourth-order valence-electron chi connectivity index (χ4n) is 4.79. The van der Waals surface area contributed by atoms with Crippen molar-refractivity contribution in [1.29, 1.82) is 0 Å². The Bertz CT molecular complexity index is 634. The molecule has 5 heteroatoms. The Morgan fingerprint density at radius 1 is 1.08 bits per heavy atom. The summed E-state index contributed by atoms with van der Waals surface area (Å²) < 4.78 is 0. The molecule has 2 fully saturated rings. The van der Waals surface area contributed by atoms with Crippen LogP contribution in [0.15, 0.2) is 18.2 Å². The van der Waals surface area contributed by atoms with Crippen LogP contribution in [-0.4, -0.2) is 55.0 Å². The zero-order chi connectivity index (χ0) is 17.4. The summed E-state index contributed by atoms with van der Waals surface area (Å²) in [6, 6.07) is 5.72. The van der Waals surface area contributed by atoms with Gasteiger partial charge in [0.15, 0.2) is 0 Å². The van der Waals surface area contributed by atoms with E-state index in [1.807, 2.05) is 18.2 Å². The molecular formula is C20H28ClN3O. The van der Waals surface area contributed by atoms with Gasteiger partial charge in [-0.15, -0.1) is 0 Å². The maximum atomic E-state index is 12.9. The number of anilines is 1. The van der Waals surface area contributed by atoms with Crippen LogP contribution in [0.3, 0.4) is 0 Å². The molecule has 4 rings (SSSR count). The standard InChI is InChI=1S/C20H28ClN3O/c1-23-8-4-14(5-9-23)15-6-10-24(11-7-15)20(25)19-13-16-12-17(21)2-3-18(16)22-19/h2-3,12,14-15,19,22H,4-11,13H2,1H3/t19-/m1/s1. The summed E-state index contributed by atoms with van der Waals surface area (Å²) in [5, 5.41) is 4.13. The van der Waals surface area contributed by atoms with Crippen LogP contribution in [0.2, 0.25) is 5.02 Å². The number of likely N-dealkylation sites (tertiary alicyclic amines) is 2. The third kappa shape index (κ3) is 3.65. The molecule has 3 heterocycles. The lowest BCUT2D eigenvalue weighted by Gasteiger charge is -2.40. The molecule has 0 aliphatic carbocycles. The largest absolute Gasteiger partial charge is 0.373 e. The van der Waals surface area contributed by atoms with Gasteiger partial charge >= 0.3 is 0 Å². The number of piperidine rings is 2. The highest BCUT2D eigenvalue weighted by Crippen LogP contribution is 2.33. The molecule has 0 unspecified atom stereocenters. The summed E-state index contributed by atoms with van der Waals surface area (Å²) in [7, 11) is 2.22. The number of nitrogens with zero attached hydrogens (tertiary/aromatic N) is 2. The molecule has 0 bridgehead atoms. The fourth-order valence-corrected chi connectivity index (χ4v) is 4.99. The normalized spacial score (nSPS) is 25.7. The van der Waals surface area contributed by atoms with E-state index in [9.17, 15) is 4.79 Å². The lowest BCUT2D eigenvalue weighted by Crippen LogP contribution is -2.47. The topological polar surface area (TPSA) is 35.6 Å². The summed E-state index contributed by atoms with van der Waals surface area (Å²) in [6.45, 7) is 4.31. The summed E-state index contributed by atoms with van der Waals surface area (Å²) in [4.78, 5) is 17.4. The van der Waals surface area contributed by atoms with Crippen molar-refractivity contribution in [2.45, 2.75) is 38.1 Å². The van der Waals surface area contributed by atoms with Gasteiger partial charge in [0.1, 0.15) is 6.04 Å². The van der Waals surface area contributed by atoms with Gasteiger partial charge in [-0.05, 0) is 81.4 Å². The number of fused-ring (bicyclic) bond motifs is 1. The van der Waals surface area contributed by atoms with Crippen molar-refractivity contribution in [3.05, 3.63) is 28.8 Å². The molecule has 1 aromatic carbocycles. The van der Waals surface area contributed by atoms with Crippen LogP contribution >= 0.6 is 11.6 Å². The minimum absolute atomic E-state index is 0.117. The summed E-state index contributed by atoms with van der Waals surface area (Å²) in [6.07, 6.45) is 5.76. The van der Waals surface area contributed by atoms with E-state index >= 15 is 0 Å². The fraction of sp³-hybridized carbons (Fsp3) is 0.650. The Hall–Kier alpha value is -1.26. The molecule has 1 atom stereocenters. The molecule has 1 amide bonds. The van der Waals surface area contributed by atoms with Gasteiger partial charge in [0.05, 0.1) is 0 Å². The van der Waals surface area contributed by atoms with Gasteiger partial charge in [-0.3, -0.25) is 4.79 Å². The van der Waals surface area contributed by atoms with Gasteiger partial charge < -0.3 is 15.1 Å². The predicted octanol–water partition coefficient (Wildman–Crippen LogP) is 3.26. The van der Waals surface area contributed by atoms with E-state index in [1.54, 1.807) is 0 Å². The highest BCUT2D eigenvalue weighted by Gasteiger charge is 2.34. The first-order valence-electron chi connectivity index (χ1n) is 9.62. The molecule has 3 aliphatic heterocycles. The summed E-state index contributed by atoms with van der Waals surface area (Å²) in [5.41, 5.74) is 2.22. The van der Waals surface area contributed by atoms with Gasteiger partial charge in [-0.2, -0.15) is 0 Å². The van der Waals surface area contributed by atoms with Gasteiger partial charge in [-0.1, -0.05) is 11.6 Å². The Morgan fingerprint density at radius 2 is 1.72 bits per heavy atom. The van der Waals surface area contributed by atoms with Gasteiger partial charge in [0.2, 0.25) is 5.91 Å². The van der Waals surface area contributed by atoms with E-state index in [4.69, 9.17) is 11.6 Å². The van der Waals surface area contributed by atoms with Crippen LogP contribution in [0.5, 0.6) is 0 Å². The first-order valence-corrected chi connectivity index (χ1v) is 10.0. The average molecular weight is 362 g/mol. The van der Waals surface area contributed by atoms with Gasteiger partial charge in [0.25, 0.3) is 0 Å². The quantitative estimate of drug-likeness (QED) is 0.878. The van der Waals surface area contributed by atoms with E-state index in [-0.39, 0.29) is 11.9 Å². The van der Waals surface area contributed by atoms with Crippen molar-refractivity contribution in [1.82, 2.24) is 9.80 Å². The van der Waals surface area contributed by atoms with Crippen molar-refractivity contribution in [2.24, 2.45) is 11.8 Å². The van der Waals surface area contributed by atoms with Crippen molar-refractivity contribution in [3.63, 3.8) is 0 Å². The number of nitrogens with one attached hydrogen (secondary N) is 1. The smallest absolute Gasteiger partial charge is 0.245 e. The van der Waals surface area contributed by atoms with E-state index < -0.39 is 0 Å². The Labute approximate surface area is 155 Å². The van der Waals surface area contributed by atoms with Crippen molar-refractivity contribution >= 4 is 23.2 Å². The third-order valence-electron chi connectivity index (χ3n) is 6.40. The lowest BCUT2D eigenvalue weighted by molar-refractivity contribution is -0.133. The Morgan fingerprint density at radius 3 is 2.40 bits per heavy atom. The number of carbonyl (C=O) groups is 1. The molecule has 3 aliphatic rings. The van der Waals surface area contributed by atoms with E-state index in [1.165, 1.54) is 38.8 Å². The molecule has 25 heavy (non-hydrogen) atoms. The first kappa shape index (κ1) is 17.2. The first-order chi connectivity index (χ1) is 12.1. The molecule has 0 spiro atoms. The number of halogens is 1. The maximum absolute atomic E-state index is 12.9. The minimum Gasteiger partial charge on any atom is -0.373 e. The number of hydrogen-bond donors (Lipinski definition) is 1. The minimum atomic E-state index is -0.117. The third-order valence-corrected chi connectivity index (χ3v) is 6.64. The predicted molar refractivity (Wildman–Crippen MR) is 102 cm³/mol. The van der Waals surface area contributed by atoms with Crippen LogP contribution in [0.1, 0.15) is 31.2 Å². The van der Waals surface area contributed by atoms with Crippen molar-refractivity contribution < 1.29 is 4.79 Å². The van der Waals surface area contributed by atoms with E-state index in [0.717, 1.165) is 47.6 Å². The Kier molecular flexibility index (Phi) is 4.92. The highest BCUT2D eigenvalue weighted by atomic mass is 35.5. The van der Waals surface area contributed by atoms with Crippen LogP contribution in [0, 0.1) is 11.8 Å². The van der Waals surface area contributed by atoms with E-state index in [0.29, 0.717) is 0 Å². The van der Waals surface area contributed by atoms with Crippen molar-refractivity contribution in [2.75, 3.05) is 38.5 Å². The van der Waals surface area contributed by atoms with Gasteiger partial charge in [0, 0.05) is 30.2 Å². The molecule has 0 radical (unpaired) electrons. The molecule has 1 N–H and O–H groups in total. The van der Waals surface area contributed by atoms with Crippen LogP contribution in [0.4, 0.5) is 5.69 Å². The summed E-state index contributed by atoms with van der Waals surface area (Å²) >= 11 is 6.07. The highest BCUT2D eigenvalue weighted by molar-refractivity contribution is 6.30. The number of benzene rings is 1. The van der Waals surface area contributed by atoms with Crippen LogP contribution < -0.4 is 5.32 Å². The molecule has 136 valence electrons. The molecule has 0 saturated carbocycles. The second-order valence-electron chi connectivity index (χ2n) is 8.01. The molecule has 1 aromatic rings. The molecular weight excluding hydrogens is 334 g/mol. The number of rotatable bonds is 2. The summed E-state index contributed by atoms with van der Waals surface area (Å²) in [5.74, 6) is 1.93. The second kappa shape index (κ2) is 7.16. The molecule has 4 nitrogen and oxygen atoms in total. The average Bonchev–Trinajstić information content (AvgIpc) is 3.05. The number of amides is 1. The maximum Gasteiger partial charge on any atom is 0.245 e. The number of hydrogen-bond acceptors (Lipinski definition) is 3. The second-order valence-corrected chi connectivity index (χ2v) is 8.44. The zero-order valence-electron chi connectivity index (χ0n) is 15.0. The van der Waals surface area contributed by atoms with Crippen LogP contribution in [0.25, 0.3) is 0 Å². The zero-order valence-corrected chi connectivity index (χ0v) is 15.8. The van der Waals surface area contributed by atoms with E-state index in [2.05, 4.69) is 22.2 Å². The SMILES string of the molecule is CN1CCC(C2CCN(C(=O)[C@H]3Cc4cc(Cl)ccc4N3)CC2)CC1. The van der Waals surface area contributed by atoms with Crippen LogP contribution in [-0.2, 0) is 11.2 Å². The number of carbonyl (C=O) groups excluding carboxylic acids is 1.